The van der Waals surface area contributed by atoms with E-state index in [1.54, 1.807) is 6.33 Å². The van der Waals surface area contributed by atoms with Gasteiger partial charge in [0, 0.05) is 24.7 Å². The van der Waals surface area contributed by atoms with Crippen molar-refractivity contribution in [3.05, 3.63) is 36.2 Å². The predicted octanol–water partition coefficient (Wildman–Crippen LogP) is 3.22. The highest BCUT2D eigenvalue weighted by atomic mass is 32.2. The van der Waals surface area contributed by atoms with Crippen molar-refractivity contribution in [3.8, 4) is 5.75 Å². The maximum Gasteiger partial charge on any atom is 0.260 e. The fraction of sp³-hybridized carbons (Fsp3) is 0.545. The van der Waals surface area contributed by atoms with E-state index in [-0.39, 0.29) is 36.3 Å². The van der Waals surface area contributed by atoms with Crippen LogP contribution in [-0.4, -0.2) is 56.9 Å². The molecule has 1 atom stereocenters. The van der Waals surface area contributed by atoms with E-state index >= 15 is 0 Å². The first-order valence-corrected chi connectivity index (χ1v) is 11.8. The second kappa shape index (κ2) is 11.2. The van der Waals surface area contributed by atoms with Crippen LogP contribution in [0.2, 0.25) is 0 Å². The molecule has 1 aromatic heterocycles. The highest BCUT2D eigenvalue weighted by molar-refractivity contribution is 7.99. The molecule has 0 spiro atoms. The minimum absolute atomic E-state index is 0.00931. The zero-order valence-electron chi connectivity index (χ0n) is 18.4. The SMILES string of the molecule is CCC(NC(=O)CSc1nncn1C(C)C)c1ccccc1OCC(=O)N1CCCC1. The normalized spacial score (nSPS) is 14.6. The number of carbonyl (C=O) groups is 2. The van der Waals surface area contributed by atoms with Gasteiger partial charge in [0.15, 0.2) is 11.8 Å². The van der Waals surface area contributed by atoms with Crippen molar-refractivity contribution in [3.63, 3.8) is 0 Å². The smallest absolute Gasteiger partial charge is 0.260 e. The lowest BCUT2D eigenvalue weighted by molar-refractivity contribution is -0.132. The first-order valence-electron chi connectivity index (χ1n) is 10.8. The Balaban J connectivity index is 1.59. The van der Waals surface area contributed by atoms with E-state index in [4.69, 9.17) is 4.74 Å². The van der Waals surface area contributed by atoms with Gasteiger partial charge < -0.3 is 19.5 Å². The molecule has 2 amide bonds. The van der Waals surface area contributed by atoms with Crippen molar-refractivity contribution in [1.29, 1.82) is 0 Å². The van der Waals surface area contributed by atoms with Gasteiger partial charge in [-0.15, -0.1) is 10.2 Å². The molecule has 0 saturated carbocycles. The summed E-state index contributed by atoms with van der Waals surface area (Å²) >= 11 is 1.37. The number of aromatic nitrogens is 3. The van der Waals surface area contributed by atoms with Crippen LogP contribution >= 0.6 is 11.8 Å². The van der Waals surface area contributed by atoms with Gasteiger partial charge in [0.2, 0.25) is 5.91 Å². The van der Waals surface area contributed by atoms with Gasteiger partial charge in [-0.05, 0) is 39.2 Å². The summed E-state index contributed by atoms with van der Waals surface area (Å²) in [5.74, 6) is 0.806. The molecule has 0 aliphatic carbocycles. The Kier molecular flexibility index (Phi) is 8.34. The Hall–Kier alpha value is -2.55. The number of rotatable bonds is 10. The monoisotopic (exact) mass is 445 g/mol. The molecule has 31 heavy (non-hydrogen) atoms. The first kappa shape index (κ1) is 23.1. The summed E-state index contributed by atoms with van der Waals surface area (Å²) < 4.78 is 7.81. The van der Waals surface area contributed by atoms with Crippen molar-refractivity contribution in [2.75, 3.05) is 25.4 Å². The Morgan fingerprint density at radius 3 is 2.68 bits per heavy atom. The summed E-state index contributed by atoms with van der Waals surface area (Å²) in [5.41, 5.74) is 0.878. The quantitative estimate of drug-likeness (QED) is 0.565. The number of thioether (sulfide) groups is 1. The number of nitrogens with one attached hydrogen (secondary N) is 1. The van der Waals surface area contributed by atoms with Crippen LogP contribution in [0.1, 0.15) is 57.7 Å². The molecule has 0 radical (unpaired) electrons. The van der Waals surface area contributed by atoms with Crippen molar-refractivity contribution in [1.82, 2.24) is 25.0 Å². The second-order valence-electron chi connectivity index (χ2n) is 7.85. The van der Waals surface area contributed by atoms with Crippen molar-refractivity contribution in [2.24, 2.45) is 0 Å². The molecule has 3 rings (SSSR count). The highest BCUT2D eigenvalue weighted by Crippen LogP contribution is 2.28. The lowest BCUT2D eigenvalue weighted by atomic mass is 10.0. The fourth-order valence-corrected chi connectivity index (χ4v) is 4.41. The molecule has 1 aliphatic rings. The number of benzene rings is 1. The van der Waals surface area contributed by atoms with Gasteiger partial charge in [-0.25, -0.2) is 0 Å². The number of hydrogen-bond acceptors (Lipinski definition) is 6. The highest BCUT2D eigenvalue weighted by Gasteiger charge is 2.21. The lowest BCUT2D eigenvalue weighted by Crippen LogP contribution is -2.33. The van der Waals surface area contributed by atoms with Crippen LogP contribution in [0.5, 0.6) is 5.75 Å². The van der Waals surface area contributed by atoms with Gasteiger partial charge in [0.05, 0.1) is 11.8 Å². The second-order valence-corrected chi connectivity index (χ2v) is 8.79. The molecule has 1 saturated heterocycles. The molecule has 9 heteroatoms. The summed E-state index contributed by atoms with van der Waals surface area (Å²) in [6, 6.07) is 7.61. The van der Waals surface area contributed by atoms with Crippen LogP contribution in [0.25, 0.3) is 0 Å². The van der Waals surface area contributed by atoms with Gasteiger partial charge >= 0.3 is 0 Å². The number of likely N-dealkylation sites (tertiary alicyclic amines) is 1. The number of carbonyl (C=O) groups excluding carboxylic acids is 2. The summed E-state index contributed by atoms with van der Waals surface area (Å²) in [5, 5.41) is 11.8. The number of hydrogen-bond donors (Lipinski definition) is 1. The standard InChI is InChI=1S/C22H31N5O3S/c1-4-18(24-20(28)14-31-22-25-23-15-27(22)16(2)3)17-9-5-6-10-19(17)30-13-21(29)26-11-7-8-12-26/h5-6,9-10,15-16,18H,4,7-8,11-14H2,1-3H3,(H,24,28). The number of nitrogens with zero attached hydrogens (tertiary/aromatic N) is 4. The minimum Gasteiger partial charge on any atom is -0.483 e. The van der Waals surface area contributed by atoms with E-state index in [2.05, 4.69) is 15.5 Å². The molecule has 1 unspecified atom stereocenters. The summed E-state index contributed by atoms with van der Waals surface area (Å²) in [6.45, 7) is 7.74. The van der Waals surface area contributed by atoms with E-state index in [1.165, 1.54) is 11.8 Å². The van der Waals surface area contributed by atoms with Crippen molar-refractivity contribution >= 4 is 23.6 Å². The van der Waals surface area contributed by atoms with Crippen molar-refractivity contribution < 1.29 is 14.3 Å². The van der Waals surface area contributed by atoms with Gasteiger partial charge in [-0.3, -0.25) is 9.59 Å². The molecular formula is C22H31N5O3S. The van der Waals surface area contributed by atoms with Crippen LogP contribution in [0.4, 0.5) is 0 Å². The average molecular weight is 446 g/mol. The fourth-order valence-electron chi connectivity index (χ4n) is 3.55. The van der Waals surface area contributed by atoms with Gasteiger partial charge in [-0.2, -0.15) is 0 Å². The van der Waals surface area contributed by atoms with Crippen LogP contribution in [-0.2, 0) is 9.59 Å². The zero-order valence-corrected chi connectivity index (χ0v) is 19.2. The van der Waals surface area contributed by atoms with Gasteiger partial charge in [0.25, 0.3) is 5.91 Å². The lowest BCUT2D eigenvalue weighted by Gasteiger charge is -2.21. The average Bonchev–Trinajstić information content (AvgIpc) is 3.47. The Morgan fingerprint density at radius 2 is 1.97 bits per heavy atom. The molecule has 1 N–H and O–H groups in total. The third-order valence-corrected chi connectivity index (χ3v) is 6.23. The maximum atomic E-state index is 12.6. The van der Waals surface area contributed by atoms with E-state index in [1.807, 2.05) is 54.5 Å². The molecule has 1 fully saturated rings. The minimum atomic E-state index is -0.200. The zero-order chi connectivity index (χ0) is 22.2. The third-order valence-electron chi connectivity index (χ3n) is 5.28. The van der Waals surface area contributed by atoms with E-state index < -0.39 is 0 Å². The Labute approximate surface area is 187 Å². The van der Waals surface area contributed by atoms with Gasteiger partial charge in [-0.1, -0.05) is 36.9 Å². The van der Waals surface area contributed by atoms with E-state index in [9.17, 15) is 9.59 Å². The Morgan fingerprint density at radius 1 is 1.23 bits per heavy atom. The first-order chi connectivity index (χ1) is 15.0. The molecule has 8 nitrogen and oxygen atoms in total. The van der Waals surface area contributed by atoms with Crippen LogP contribution in [0.3, 0.4) is 0 Å². The summed E-state index contributed by atoms with van der Waals surface area (Å²) in [4.78, 5) is 26.8. The topological polar surface area (TPSA) is 89.4 Å². The molecule has 2 heterocycles. The largest absolute Gasteiger partial charge is 0.483 e. The van der Waals surface area contributed by atoms with Crippen molar-refractivity contribution in [2.45, 2.75) is 57.3 Å². The van der Waals surface area contributed by atoms with E-state index in [0.29, 0.717) is 12.2 Å². The molecular weight excluding hydrogens is 414 g/mol. The molecule has 0 bridgehead atoms. The molecule has 2 aromatic rings. The van der Waals surface area contributed by atoms with Crippen LogP contribution < -0.4 is 10.1 Å². The number of ether oxygens (including phenoxy) is 1. The third kappa shape index (κ3) is 6.22. The predicted molar refractivity (Wildman–Crippen MR) is 120 cm³/mol. The van der Waals surface area contributed by atoms with Gasteiger partial charge in [0.1, 0.15) is 12.1 Å². The molecule has 1 aliphatic heterocycles. The number of amides is 2. The van der Waals surface area contributed by atoms with Crippen LogP contribution in [0.15, 0.2) is 35.7 Å². The maximum absolute atomic E-state index is 12.6. The Bertz CT molecular complexity index is 880. The number of para-hydroxylation sites is 1. The molecule has 168 valence electrons. The summed E-state index contributed by atoms with van der Waals surface area (Å²) in [6.07, 6.45) is 4.49. The molecule has 1 aromatic carbocycles. The van der Waals surface area contributed by atoms with Crippen LogP contribution in [0, 0.1) is 0 Å². The van der Waals surface area contributed by atoms with E-state index in [0.717, 1.165) is 36.7 Å². The summed E-state index contributed by atoms with van der Waals surface area (Å²) in [7, 11) is 0.